The van der Waals surface area contributed by atoms with E-state index in [2.05, 4.69) is 0 Å². The van der Waals surface area contributed by atoms with E-state index in [1.807, 2.05) is 0 Å². The molecular formula is C10H11F2NO2. The third-order valence-corrected chi connectivity index (χ3v) is 1.96. The fourth-order valence-electron chi connectivity index (χ4n) is 1.14. The van der Waals surface area contributed by atoms with Crippen LogP contribution in [0.4, 0.5) is 14.5 Å². The van der Waals surface area contributed by atoms with E-state index < -0.39 is 23.6 Å². The second-order valence-electron chi connectivity index (χ2n) is 3.17. The highest BCUT2D eigenvalue weighted by Gasteiger charge is 2.19. The van der Waals surface area contributed by atoms with Crippen LogP contribution in [0.2, 0.25) is 0 Å². The highest BCUT2D eigenvalue weighted by atomic mass is 19.1. The van der Waals surface area contributed by atoms with Gasteiger partial charge in [0.25, 0.3) is 5.91 Å². The zero-order chi connectivity index (χ0) is 11.6. The molecule has 82 valence electrons. The molecule has 0 aliphatic carbocycles. The van der Waals surface area contributed by atoms with Gasteiger partial charge in [-0.25, -0.2) is 8.78 Å². The second kappa shape index (κ2) is 4.35. The van der Waals surface area contributed by atoms with Gasteiger partial charge in [0.2, 0.25) is 0 Å². The Morgan fingerprint density at radius 2 is 2.07 bits per heavy atom. The van der Waals surface area contributed by atoms with Gasteiger partial charge in [0, 0.05) is 13.1 Å². The van der Waals surface area contributed by atoms with E-state index in [4.69, 9.17) is 5.11 Å². The number of carbonyl (C=O) groups is 1. The first kappa shape index (κ1) is 11.6. The second-order valence-corrected chi connectivity index (χ2v) is 3.17. The number of benzene rings is 1. The zero-order valence-electron chi connectivity index (χ0n) is 8.37. The lowest BCUT2D eigenvalue weighted by atomic mass is 10.2. The molecule has 1 atom stereocenters. The van der Waals surface area contributed by atoms with E-state index in [1.165, 1.54) is 14.0 Å². The number of likely N-dealkylation sites (N-methyl/N-ethyl adjacent to an activating group) is 1. The average molecular weight is 215 g/mol. The highest BCUT2D eigenvalue weighted by Crippen LogP contribution is 2.19. The van der Waals surface area contributed by atoms with Gasteiger partial charge < -0.3 is 10.0 Å². The standard InChI is InChI=1S/C10H11F2NO2/c1-6(14)10(15)13(2)9-5-7(11)3-4-8(9)12/h3-6,14H,1-2H3. The van der Waals surface area contributed by atoms with Crippen molar-refractivity contribution < 1.29 is 18.7 Å². The fourth-order valence-corrected chi connectivity index (χ4v) is 1.14. The van der Waals surface area contributed by atoms with Gasteiger partial charge >= 0.3 is 0 Å². The number of halogens is 2. The molecular weight excluding hydrogens is 204 g/mol. The maximum Gasteiger partial charge on any atom is 0.255 e. The van der Waals surface area contributed by atoms with Gasteiger partial charge in [-0.05, 0) is 19.1 Å². The van der Waals surface area contributed by atoms with Gasteiger partial charge in [-0.2, -0.15) is 0 Å². The summed E-state index contributed by atoms with van der Waals surface area (Å²) in [5, 5.41) is 9.01. The van der Waals surface area contributed by atoms with Crippen molar-refractivity contribution in [1.29, 1.82) is 0 Å². The number of hydrogen-bond acceptors (Lipinski definition) is 2. The summed E-state index contributed by atoms with van der Waals surface area (Å²) in [6, 6.07) is 2.78. The molecule has 1 N–H and O–H groups in total. The lowest BCUT2D eigenvalue weighted by Gasteiger charge is -2.19. The topological polar surface area (TPSA) is 40.5 Å². The van der Waals surface area contributed by atoms with Crippen molar-refractivity contribution in [2.45, 2.75) is 13.0 Å². The lowest BCUT2D eigenvalue weighted by molar-refractivity contribution is -0.125. The zero-order valence-corrected chi connectivity index (χ0v) is 8.37. The van der Waals surface area contributed by atoms with Gasteiger partial charge in [0.05, 0.1) is 5.69 Å². The van der Waals surface area contributed by atoms with Crippen molar-refractivity contribution in [2.75, 3.05) is 11.9 Å². The maximum atomic E-state index is 13.2. The monoisotopic (exact) mass is 215 g/mol. The largest absolute Gasteiger partial charge is 0.384 e. The van der Waals surface area contributed by atoms with Gasteiger partial charge in [0.15, 0.2) is 0 Å². The predicted octanol–water partition coefficient (Wildman–Crippen LogP) is 1.31. The number of aliphatic hydroxyl groups is 1. The van der Waals surface area contributed by atoms with Gasteiger partial charge in [0.1, 0.15) is 17.7 Å². The number of anilines is 1. The molecule has 1 unspecified atom stereocenters. The first-order valence-corrected chi connectivity index (χ1v) is 4.34. The van der Waals surface area contributed by atoms with Gasteiger partial charge in [-0.15, -0.1) is 0 Å². The Morgan fingerprint density at radius 3 is 2.60 bits per heavy atom. The van der Waals surface area contributed by atoms with E-state index in [-0.39, 0.29) is 5.69 Å². The van der Waals surface area contributed by atoms with Crippen molar-refractivity contribution in [3.05, 3.63) is 29.8 Å². The van der Waals surface area contributed by atoms with Crippen LogP contribution in [-0.4, -0.2) is 24.2 Å². The number of amides is 1. The number of hydrogen-bond donors (Lipinski definition) is 1. The van der Waals surface area contributed by atoms with Crippen molar-refractivity contribution in [1.82, 2.24) is 0 Å². The number of nitrogens with zero attached hydrogens (tertiary/aromatic N) is 1. The Kier molecular flexibility index (Phi) is 3.36. The number of aliphatic hydroxyl groups excluding tert-OH is 1. The van der Waals surface area contributed by atoms with Gasteiger partial charge in [-0.3, -0.25) is 4.79 Å². The molecule has 5 heteroatoms. The predicted molar refractivity (Wildman–Crippen MR) is 51.4 cm³/mol. The normalized spacial score (nSPS) is 12.3. The first-order chi connectivity index (χ1) is 6.93. The van der Waals surface area contributed by atoms with Crippen LogP contribution >= 0.6 is 0 Å². The van der Waals surface area contributed by atoms with Crippen molar-refractivity contribution in [2.24, 2.45) is 0 Å². The smallest absolute Gasteiger partial charge is 0.255 e. The number of rotatable bonds is 2. The van der Waals surface area contributed by atoms with E-state index in [1.54, 1.807) is 0 Å². The minimum Gasteiger partial charge on any atom is -0.384 e. The molecule has 0 heterocycles. The fraction of sp³-hybridized carbons (Fsp3) is 0.300. The molecule has 3 nitrogen and oxygen atoms in total. The Morgan fingerprint density at radius 1 is 1.47 bits per heavy atom. The Labute approximate surface area is 85.9 Å². The molecule has 0 fully saturated rings. The molecule has 0 aliphatic heterocycles. The average Bonchev–Trinajstić information content (AvgIpc) is 2.19. The molecule has 0 bridgehead atoms. The Hall–Kier alpha value is -1.49. The molecule has 1 aromatic carbocycles. The molecule has 15 heavy (non-hydrogen) atoms. The van der Waals surface area contributed by atoms with E-state index in [0.29, 0.717) is 0 Å². The van der Waals surface area contributed by atoms with Crippen molar-refractivity contribution in [3.8, 4) is 0 Å². The number of carbonyl (C=O) groups excluding carboxylic acids is 1. The summed E-state index contributed by atoms with van der Waals surface area (Å²) >= 11 is 0. The first-order valence-electron chi connectivity index (χ1n) is 4.34. The van der Waals surface area contributed by atoms with E-state index in [9.17, 15) is 13.6 Å². The van der Waals surface area contributed by atoms with E-state index >= 15 is 0 Å². The van der Waals surface area contributed by atoms with Gasteiger partial charge in [-0.1, -0.05) is 0 Å². The minimum absolute atomic E-state index is 0.194. The summed E-state index contributed by atoms with van der Waals surface area (Å²) < 4.78 is 26.0. The van der Waals surface area contributed by atoms with Crippen LogP contribution < -0.4 is 4.90 Å². The van der Waals surface area contributed by atoms with E-state index in [0.717, 1.165) is 23.1 Å². The molecule has 0 spiro atoms. The summed E-state index contributed by atoms with van der Waals surface area (Å²) in [6.07, 6.45) is -1.25. The van der Waals surface area contributed by atoms with Crippen LogP contribution in [0.25, 0.3) is 0 Å². The van der Waals surface area contributed by atoms with Crippen LogP contribution in [0.5, 0.6) is 0 Å². The summed E-state index contributed by atoms with van der Waals surface area (Å²) in [7, 11) is 1.27. The molecule has 0 aromatic heterocycles. The summed E-state index contributed by atoms with van der Waals surface area (Å²) in [5.41, 5.74) is -0.194. The molecule has 1 amide bonds. The molecule has 0 radical (unpaired) electrons. The van der Waals surface area contributed by atoms with Crippen molar-refractivity contribution in [3.63, 3.8) is 0 Å². The highest BCUT2D eigenvalue weighted by molar-refractivity contribution is 5.95. The maximum absolute atomic E-state index is 13.2. The third kappa shape index (κ3) is 2.50. The van der Waals surface area contributed by atoms with Crippen molar-refractivity contribution >= 4 is 11.6 Å². The quantitative estimate of drug-likeness (QED) is 0.808. The van der Waals surface area contributed by atoms with Crippen LogP contribution in [0.15, 0.2) is 18.2 Å². The SMILES string of the molecule is CC(O)C(=O)N(C)c1cc(F)ccc1F. The summed E-state index contributed by atoms with van der Waals surface area (Å²) in [5.74, 6) is -2.05. The summed E-state index contributed by atoms with van der Waals surface area (Å²) in [6.45, 7) is 1.26. The molecule has 0 saturated heterocycles. The molecule has 0 aliphatic rings. The third-order valence-electron chi connectivity index (χ3n) is 1.96. The minimum atomic E-state index is -1.25. The summed E-state index contributed by atoms with van der Waals surface area (Å²) in [4.78, 5) is 12.2. The Balaban J connectivity index is 3.05. The lowest BCUT2D eigenvalue weighted by Crippen LogP contribution is -2.35. The van der Waals surface area contributed by atoms with Crippen LogP contribution in [-0.2, 0) is 4.79 Å². The van der Waals surface area contributed by atoms with Crippen LogP contribution in [0, 0.1) is 11.6 Å². The van der Waals surface area contributed by atoms with Crippen LogP contribution in [0.1, 0.15) is 6.92 Å². The Bertz CT molecular complexity index is 380. The molecule has 1 rings (SSSR count). The van der Waals surface area contributed by atoms with Crippen LogP contribution in [0.3, 0.4) is 0 Å². The molecule has 0 saturated carbocycles. The molecule has 1 aromatic rings.